The predicted molar refractivity (Wildman–Crippen MR) is 103 cm³/mol. The first kappa shape index (κ1) is 19.8. The zero-order valence-corrected chi connectivity index (χ0v) is 17.5. The Bertz CT molecular complexity index is 572. The van der Waals surface area contributed by atoms with Crippen molar-refractivity contribution < 1.29 is 13.9 Å². The Kier molecular flexibility index (Phi) is 6.33. The molecule has 3 nitrogen and oxygen atoms in total. The Morgan fingerprint density at radius 1 is 1.26 bits per heavy atom. The average Bonchev–Trinajstić information content (AvgIpc) is 2.72. The number of rotatable bonds is 5. The molecule has 1 saturated heterocycles. The van der Waals surface area contributed by atoms with Crippen LogP contribution in [0.1, 0.15) is 45.4 Å². The predicted octanol–water partition coefficient (Wildman–Crippen LogP) is 4.93. The second-order valence-corrected chi connectivity index (χ2v) is 13.1. The summed E-state index contributed by atoms with van der Waals surface area (Å²) in [5.74, 6) is 0. The van der Waals surface area contributed by atoms with Gasteiger partial charge in [-0.05, 0) is 24.8 Å². The highest BCUT2D eigenvalue weighted by atomic mass is 33.1. The molecule has 7 heteroatoms. The second kappa shape index (κ2) is 7.36. The van der Waals surface area contributed by atoms with Crippen LogP contribution in [0.25, 0.3) is 0 Å². The third-order valence-electron chi connectivity index (χ3n) is 3.35. The van der Waals surface area contributed by atoms with Gasteiger partial charge in [0.05, 0.1) is 18.0 Å². The van der Waals surface area contributed by atoms with E-state index >= 15 is 0 Å². The zero-order chi connectivity index (χ0) is 17.3. The molecular formula is C16H24O3PS3-. The van der Waals surface area contributed by atoms with Gasteiger partial charge >= 0.3 is 0 Å². The molecule has 1 heterocycles. The monoisotopic (exact) mass is 391 g/mol. The molecule has 0 aromatic heterocycles. The third-order valence-corrected chi connectivity index (χ3v) is 8.54. The van der Waals surface area contributed by atoms with Gasteiger partial charge in [0, 0.05) is 4.75 Å². The summed E-state index contributed by atoms with van der Waals surface area (Å²) in [7, 11) is 3.49. The van der Waals surface area contributed by atoms with Crippen LogP contribution in [0.2, 0.25) is 0 Å². The smallest absolute Gasteiger partial charge is 0.115 e. The Labute approximate surface area is 152 Å². The highest BCUT2D eigenvalue weighted by Gasteiger charge is 2.46. The van der Waals surface area contributed by atoms with Crippen molar-refractivity contribution in [2.24, 2.45) is 5.41 Å². The maximum absolute atomic E-state index is 12.6. The summed E-state index contributed by atoms with van der Waals surface area (Å²) in [5.41, 5.74) is 1.05. The fourth-order valence-electron chi connectivity index (χ4n) is 2.14. The summed E-state index contributed by atoms with van der Waals surface area (Å²) in [4.78, 5) is 12.6. The van der Waals surface area contributed by atoms with E-state index in [1.54, 1.807) is 21.6 Å². The second-order valence-electron chi connectivity index (χ2n) is 7.42. The SMILES string of the molecule is CC(C)(C)COP([O-])(=S)O[C@H]1[C@H](c2ccccc2)SSC1(C)C. The van der Waals surface area contributed by atoms with Crippen molar-refractivity contribution in [1.29, 1.82) is 0 Å². The van der Waals surface area contributed by atoms with Crippen molar-refractivity contribution in [3.63, 3.8) is 0 Å². The molecule has 0 amide bonds. The lowest BCUT2D eigenvalue weighted by molar-refractivity contribution is -0.213. The standard InChI is InChI=1S/C16H25O3PS3/c1-15(2,3)11-18-20(17,21)19-14-13(22-23-16(14,4)5)12-9-7-6-8-10-12/h6-10,13-14H,11H2,1-5H3,(H,17,21)/p-1/t13-,14-,20?/m0/s1. The molecule has 1 aliphatic heterocycles. The summed E-state index contributed by atoms with van der Waals surface area (Å²) >= 11 is 5.15. The van der Waals surface area contributed by atoms with E-state index in [2.05, 4.69) is 26.0 Å². The number of benzene rings is 1. The van der Waals surface area contributed by atoms with E-state index in [1.165, 1.54) is 0 Å². The Morgan fingerprint density at radius 3 is 2.43 bits per heavy atom. The van der Waals surface area contributed by atoms with Gasteiger partial charge < -0.3 is 13.9 Å². The van der Waals surface area contributed by atoms with E-state index in [-0.39, 0.29) is 21.5 Å². The first-order valence-corrected chi connectivity index (χ1v) is 12.3. The van der Waals surface area contributed by atoms with Crippen LogP contribution in [0.4, 0.5) is 0 Å². The lowest BCUT2D eigenvalue weighted by atomic mass is 9.98. The molecule has 1 unspecified atom stereocenters. The summed E-state index contributed by atoms with van der Waals surface area (Å²) in [6.07, 6.45) is -0.261. The van der Waals surface area contributed by atoms with Crippen LogP contribution < -0.4 is 4.89 Å². The van der Waals surface area contributed by atoms with Gasteiger partial charge in [-0.2, -0.15) is 0 Å². The van der Waals surface area contributed by atoms with Crippen LogP contribution >= 0.6 is 28.3 Å². The van der Waals surface area contributed by atoms with Crippen molar-refractivity contribution in [3.8, 4) is 0 Å². The van der Waals surface area contributed by atoms with Gasteiger partial charge in [0.1, 0.15) is 6.72 Å². The average molecular weight is 392 g/mol. The quantitative estimate of drug-likeness (QED) is 0.523. The van der Waals surface area contributed by atoms with Gasteiger partial charge in [-0.3, -0.25) is 0 Å². The summed E-state index contributed by atoms with van der Waals surface area (Å²) in [5, 5.41) is 0.0886. The minimum absolute atomic E-state index is 0.0886. The van der Waals surface area contributed by atoms with Crippen molar-refractivity contribution in [2.45, 2.75) is 50.7 Å². The maximum Gasteiger partial charge on any atom is 0.115 e. The van der Waals surface area contributed by atoms with Gasteiger partial charge in [0.2, 0.25) is 0 Å². The van der Waals surface area contributed by atoms with E-state index < -0.39 is 6.72 Å². The normalized spacial score (nSPS) is 26.9. The zero-order valence-electron chi connectivity index (χ0n) is 14.1. The van der Waals surface area contributed by atoms with Gasteiger partial charge in [-0.1, -0.05) is 84.5 Å². The largest absolute Gasteiger partial charge is 0.780 e. The molecule has 3 atom stereocenters. The van der Waals surface area contributed by atoms with Crippen LogP contribution in [0.15, 0.2) is 30.3 Å². The van der Waals surface area contributed by atoms with E-state index in [4.69, 9.17) is 20.9 Å². The molecule has 0 aliphatic carbocycles. The fourth-order valence-corrected chi connectivity index (χ4v) is 7.45. The molecule has 23 heavy (non-hydrogen) atoms. The molecule has 0 radical (unpaired) electrons. The van der Waals surface area contributed by atoms with Crippen LogP contribution in [0.3, 0.4) is 0 Å². The van der Waals surface area contributed by atoms with Crippen LogP contribution in [0.5, 0.6) is 0 Å². The molecule has 0 bridgehead atoms. The van der Waals surface area contributed by atoms with Crippen molar-refractivity contribution in [2.75, 3.05) is 6.61 Å². The van der Waals surface area contributed by atoms with Crippen molar-refractivity contribution in [3.05, 3.63) is 35.9 Å². The molecule has 1 aliphatic rings. The maximum atomic E-state index is 12.6. The molecule has 130 valence electrons. The first-order valence-electron chi connectivity index (χ1n) is 7.54. The van der Waals surface area contributed by atoms with Gasteiger partial charge in [0.15, 0.2) is 0 Å². The van der Waals surface area contributed by atoms with E-state index in [0.717, 1.165) is 5.56 Å². The van der Waals surface area contributed by atoms with E-state index in [9.17, 15) is 4.89 Å². The Morgan fingerprint density at radius 2 is 1.87 bits per heavy atom. The molecule has 0 saturated carbocycles. The lowest BCUT2D eigenvalue weighted by Gasteiger charge is -2.38. The van der Waals surface area contributed by atoms with E-state index in [1.807, 2.05) is 39.0 Å². The van der Waals surface area contributed by atoms with Crippen LogP contribution in [-0.2, 0) is 20.9 Å². The highest BCUT2D eigenvalue weighted by Crippen LogP contribution is 2.62. The molecule has 1 aromatic rings. The van der Waals surface area contributed by atoms with Crippen LogP contribution in [0, 0.1) is 5.41 Å². The molecule has 2 rings (SSSR count). The van der Waals surface area contributed by atoms with Crippen LogP contribution in [-0.4, -0.2) is 17.5 Å². The van der Waals surface area contributed by atoms with Crippen molar-refractivity contribution in [1.82, 2.24) is 0 Å². The minimum Gasteiger partial charge on any atom is -0.780 e. The van der Waals surface area contributed by atoms with Gasteiger partial charge in [-0.25, -0.2) is 0 Å². The number of hydrogen-bond donors (Lipinski definition) is 0. The van der Waals surface area contributed by atoms with Gasteiger partial charge in [0.25, 0.3) is 0 Å². The van der Waals surface area contributed by atoms with E-state index in [0.29, 0.717) is 6.61 Å². The minimum atomic E-state index is -3.52. The first-order chi connectivity index (χ1) is 10.5. The molecule has 1 aromatic carbocycles. The molecule has 1 fully saturated rings. The Hall–Kier alpha value is 0.450. The topological polar surface area (TPSA) is 41.5 Å². The third kappa shape index (κ3) is 5.74. The van der Waals surface area contributed by atoms with Crippen molar-refractivity contribution >= 4 is 40.1 Å². The highest BCUT2D eigenvalue weighted by molar-refractivity contribution is 8.77. The lowest BCUT2D eigenvalue weighted by Crippen LogP contribution is -2.35. The summed E-state index contributed by atoms with van der Waals surface area (Å²) in [6.45, 7) is 7.03. The summed E-state index contributed by atoms with van der Waals surface area (Å²) < 4.78 is 11.2. The fraction of sp³-hybridized carbons (Fsp3) is 0.625. The molecule has 0 N–H and O–H groups in total. The molecular weight excluding hydrogens is 367 g/mol. The molecule has 0 spiro atoms. The van der Waals surface area contributed by atoms with Gasteiger partial charge in [-0.15, -0.1) is 0 Å². The summed E-state index contributed by atoms with van der Waals surface area (Å²) in [6, 6.07) is 10.1. The number of hydrogen-bond acceptors (Lipinski definition) is 6. The Balaban J connectivity index is 2.15.